The summed E-state index contributed by atoms with van der Waals surface area (Å²) in [6.45, 7) is 6.62. The third-order valence-corrected chi connectivity index (χ3v) is 4.77. The highest BCUT2D eigenvalue weighted by Gasteiger charge is 2.19. The van der Waals surface area contributed by atoms with Gasteiger partial charge in [0.25, 0.3) is 5.91 Å². The Kier molecular flexibility index (Phi) is 7.47. The van der Waals surface area contributed by atoms with Gasteiger partial charge >= 0.3 is 0 Å². The minimum absolute atomic E-state index is 0.0682. The Labute approximate surface area is 158 Å². The summed E-state index contributed by atoms with van der Waals surface area (Å²) < 4.78 is 6.25. The lowest BCUT2D eigenvalue weighted by Crippen LogP contribution is -2.38. The van der Waals surface area contributed by atoms with Crippen LogP contribution in [0.1, 0.15) is 35.8 Å². The average molecular weight is 405 g/mol. The lowest BCUT2D eigenvalue weighted by atomic mass is 10.0. The lowest BCUT2D eigenvalue weighted by molar-refractivity contribution is 0.0935. The molecule has 4 nitrogen and oxygen atoms in total. The van der Waals surface area contributed by atoms with Gasteiger partial charge in [-0.3, -0.25) is 9.69 Å². The molecule has 1 atom stereocenters. The van der Waals surface area contributed by atoms with Crippen molar-refractivity contribution in [2.24, 2.45) is 0 Å². The molecule has 0 radical (unpaired) electrons. The van der Waals surface area contributed by atoms with Crippen molar-refractivity contribution in [2.75, 3.05) is 26.7 Å². The van der Waals surface area contributed by atoms with Crippen LogP contribution in [0.5, 0.6) is 5.75 Å². The number of nitrogens with one attached hydrogen (secondary N) is 1. The molecule has 0 bridgehead atoms. The molecular weight excluding hydrogens is 380 g/mol. The number of nitrogens with zero attached hydrogens (tertiary/aromatic N) is 1. The molecule has 25 heavy (non-hydrogen) atoms. The summed E-state index contributed by atoms with van der Waals surface area (Å²) in [5, 5.41) is 3.07. The van der Waals surface area contributed by atoms with E-state index in [1.807, 2.05) is 42.5 Å². The number of hydrogen-bond donors (Lipinski definition) is 1. The van der Waals surface area contributed by atoms with E-state index in [0.29, 0.717) is 12.1 Å². The summed E-state index contributed by atoms with van der Waals surface area (Å²) in [4.78, 5) is 14.8. The fraction of sp³-hybridized carbons (Fsp3) is 0.350. The molecule has 0 aromatic heterocycles. The number of benzene rings is 2. The molecule has 0 saturated heterocycles. The summed E-state index contributed by atoms with van der Waals surface area (Å²) >= 11 is 3.41. The van der Waals surface area contributed by atoms with Crippen LogP contribution in [0, 0.1) is 0 Å². The van der Waals surface area contributed by atoms with Gasteiger partial charge in [-0.25, -0.2) is 0 Å². The fourth-order valence-electron chi connectivity index (χ4n) is 2.89. The van der Waals surface area contributed by atoms with Crippen LogP contribution in [0.2, 0.25) is 0 Å². The molecule has 1 unspecified atom stereocenters. The maximum Gasteiger partial charge on any atom is 0.251 e. The van der Waals surface area contributed by atoms with Gasteiger partial charge < -0.3 is 10.1 Å². The van der Waals surface area contributed by atoms with Crippen LogP contribution in [0.4, 0.5) is 0 Å². The van der Waals surface area contributed by atoms with E-state index in [-0.39, 0.29) is 11.9 Å². The summed E-state index contributed by atoms with van der Waals surface area (Å²) in [6.07, 6.45) is 0. The van der Waals surface area contributed by atoms with E-state index in [0.717, 1.165) is 28.9 Å². The molecule has 0 saturated carbocycles. The Hall–Kier alpha value is -1.85. The number of rotatable bonds is 8. The van der Waals surface area contributed by atoms with Crippen LogP contribution < -0.4 is 10.1 Å². The molecule has 0 aliphatic heterocycles. The first-order valence-corrected chi connectivity index (χ1v) is 9.30. The number of amides is 1. The van der Waals surface area contributed by atoms with Crippen LogP contribution in [0.25, 0.3) is 0 Å². The average Bonchev–Trinajstić information content (AvgIpc) is 2.65. The van der Waals surface area contributed by atoms with Gasteiger partial charge in [0.15, 0.2) is 0 Å². The third kappa shape index (κ3) is 5.31. The van der Waals surface area contributed by atoms with Crippen molar-refractivity contribution in [3.63, 3.8) is 0 Å². The van der Waals surface area contributed by atoms with E-state index >= 15 is 0 Å². The minimum atomic E-state index is -0.0682. The molecule has 2 aromatic carbocycles. The molecule has 2 aromatic rings. The zero-order valence-corrected chi connectivity index (χ0v) is 16.5. The number of likely N-dealkylation sites (N-methyl/N-ethyl adjacent to an activating group) is 1. The molecular formula is C20H25BrN2O2. The predicted molar refractivity (Wildman–Crippen MR) is 105 cm³/mol. The third-order valence-electron chi connectivity index (χ3n) is 4.27. The second-order valence-corrected chi connectivity index (χ2v) is 6.65. The fourth-order valence-corrected chi connectivity index (χ4v) is 3.29. The van der Waals surface area contributed by atoms with Crippen molar-refractivity contribution in [1.29, 1.82) is 0 Å². The SMILES string of the molecule is CCN(CC)C(CNC(=O)c1cccc(Br)c1)c1cccc(OC)c1. The van der Waals surface area contributed by atoms with E-state index in [4.69, 9.17) is 4.74 Å². The maximum atomic E-state index is 12.5. The Bertz CT molecular complexity index is 702. The molecule has 0 heterocycles. The number of ether oxygens (including phenoxy) is 1. The molecule has 1 amide bonds. The van der Waals surface area contributed by atoms with Gasteiger partial charge in [0.2, 0.25) is 0 Å². The van der Waals surface area contributed by atoms with Crippen LogP contribution in [-0.2, 0) is 0 Å². The molecule has 134 valence electrons. The van der Waals surface area contributed by atoms with Crippen molar-refractivity contribution in [3.05, 3.63) is 64.1 Å². The first-order valence-electron chi connectivity index (χ1n) is 8.50. The number of methoxy groups -OCH3 is 1. The Morgan fingerprint density at radius 3 is 2.52 bits per heavy atom. The molecule has 0 aliphatic carbocycles. The summed E-state index contributed by atoms with van der Waals surface area (Å²) in [6, 6.07) is 15.6. The highest BCUT2D eigenvalue weighted by Crippen LogP contribution is 2.24. The van der Waals surface area contributed by atoms with E-state index in [1.165, 1.54) is 0 Å². The molecule has 0 fully saturated rings. The monoisotopic (exact) mass is 404 g/mol. The number of carbonyl (C=O) groups excluding carboxylic acids is 1. The number of halogens is 1. The van der Waals surface area contributed by atoms with Gasteiger partial charge in [-0.2, -0.15) is 0 Å². The normalized spacial score (nSPS) is 12.0. The summed E-state index contributed by atoms with van der Waals surface area (Å²) in [7, 11) is 1.67. The van der Waals surface area contributed by atoms with Gasteiger partial charge in [-0.1, -0.05) is 48.0 Å². The highest BCUT2D eigenvalue weighted by molar-refractivity contribution is 9.10. The van der Waals surface area contributed by atoms with Crippen molar-refractivity contribution >= 4 is 21.8 Å². The second-order valence-electron chi connectivity index (χ2n) is 5.73. The second kappa shape index (κ2) is 9.59. The summed E-state index contributed by atoms with van der Waals surface area (Å²) in [5.74, 6) is 0.759. The largest absolute Gasteiger partial charge is 0.497 e. The van der Waals surface area contributed by atoms with E-state index in [2.05, 4.69) is 46.1 Å². The molecule has 1 N–H and O–H groups in total. The van der Waals surface area contributed by atoms with Crippen molar-refractivity contribution < 1.29 is 9.53 Å². The molecule has 2 rings (SSSR count). The Balaban J connectivity index is 2.17. The van der Waals surface area contributed by atoms with Crippen LogP contribution in [-0.4, -0.2) is 37.6 Å². The lowest BCUT2D eigenvalue weighted by Gasteiger charge is -2.30. The first kappa shape index (κ1) is 19.5. The van der Waals surface area contributed by atoms with E-state index < -0.39 is 0 Å². The van der Waals surface area contributed by atoms with Crippen molar-refractivity contribution in [1.82, 2.24) is 10.2 Å². The molecule has 0 spiro atoms. The topological polar surface area (TPSA) is 41.6 Å². The molecule has 5 heteroatoms. The molecule has 0 aliphatic rings. The first-order chi connectivity index (χ1) is 12.1. The van der Waals surface area contributed by atoms with Gasteiger partial charge in [0.05, 0.1) is 13.2 Å². The van der Waals surface area contributed by atoms with E-state index in [9.17, 15) is 4.79 Å². The Morgan fingerprint density at radius 1 is 1.16 bits per heavy atom. The quantitative estimate of drug-likeness (QED) is 0.713. The van der Waals surface area contributed by atoms with Crippen molar-refractivity contribution in [2.45, 2.75) is 19.9 Å². The summed E-state index contributed by atoms with van der Waals surface area (Å²) in [5.41, 5.74) is 1.79. The van der Waals surface area contributed by atoms with Gasteiger partial charge in [0.1, 0.15) is 5.75 Å². The van der Waals surface area contributed by atoms with Gasteiger partial charge in [-0.05, 0) is 49.0 Å². The van der Waals surface area contributed by atoms with Crippen LogP contribution in [0.15, 0.2) is 53.0 Å². The van der Waals surface area contributed by atoms with Crippen molar-refractivity contribution in [3.8, 4) is 5.75 Å². The van der Waals surface area contributed by atoms with Gasteiger partial charge in [0, 0.05) is 16.6 Å². The zero-order valence-electron chi connectivity index (χ0n) is 15.0. The number of hydrogen-bond acceptors (Lipinski definition) is 3. The maximum absolute atomic E-state index is 12.5. The smallest absolute Gasteiger partial charge is 0.251 e. The van der Waals surface area contributed by atoms with Crippen LogP contribution in [0.3, 0.4) is 0 Å². The van der Waals surface area contributed by atoms with Gasteiger partial charge in [-0.15, -0.1) is 0 Å². The zero-order chi connectivity index (χ0) is 18.2. The standard InChI is InChI=1S/C20H25BrN2O2/c1-4-23(5-2)19(15-8-7-11-18(13-15)25-3)14-22-20(24)16-9-6-10-17(21)12-16/h6-13,19H,4-5,14H2,1-3H3,(H,22,24). The minimum Gasteiger partial charge on any atom is -0.497 e. The van der Waals surface area contributed by atoms with Crippen LogP contribution >= 0.6 is 15.9 Å². The Morgan fingerprint density at radius 2 is 1.88 bits per heavy atom. The number of carbonyl (C=O) groups is 1. The highest BCUT2D eigenvalue weighted by atomic mass is 79.9. The predicted octanol–water partition coefficient (Wildman–Crippen LogP) is 4.27. The van der Waals surface area contributed by atoms with E-state index in [1.54, 1.807) is 7.11 Å².